The van der Waals surface area contributed by atoms with Gasteiger partial charge in [0, 0.05) is 17.7 Å². The Morgan fingerprint density at radius 3 is 2.07 bits per heavy atom. The summed E-state index contributed by atoms with van der Waals surface area (Å²) >= 11 is 0. The first kappa shape index (κ1) is 10.8. The van der Waals surface area contributed by atoms with Crippen LogP contribution in [0, 0.1) is 20.2 Å². The highest BCUT2D eigenvalue weighted by atomic mass is 16.6. The molecule has 7 heteroatoms. The smallest absolute Gasteiger partial charge is 0.295 e. The van der Waals surface area contributed by atoms with Gasteiger partial charge < -0.3 is 0 Å². The molecule has 0 saturated heterocycles. The Labute approximate surface area is 83.6 Å². The van der Waals surface area contributed by atoms with Gasteiger partial charge in [-0.25, -0.2) is 0 Å². The third-order valence-corrected chi connectivity index (χ3v) is 1.78. The number of rotatable bonds is 3. The van der Waals surface area contributed by atoms with Crippen molar-refractivity contribution < 1.29 is 14.6 Å². The van der Waals surface area contributed by atoms with Crippen LogP contribution in [0.3, 0.4) is 0 Å². The van der Waals surface area contributed by atoms with E-state index < -0.39 is 21.2 Å². The van der Waals surface area contributed by atoms with Crippen molar-refractivity contribution in [2.45, 2.75) is 6.92 Å². The predicted octanol–water partition coefficient (Wildman–Crippen LogP) is 1.71. The van der Waals surface area contributed by atoms with Crippen LogP contribution in [0.25, 0.3) is 0 Å². The van der Waals surface area contributed by atoms with Gasteiger partial charge >= 0.3 is 11.4 Å². The third kappa shape index (κ3) is 2.13. The van der Waals surface area contributed by atoms with Crippen LogP contribution in [-0.2, 0) is 0 Å². The molecule has 0 aliphatic carbocycles. The van der Waals surface area contributed by atoms with E-state index in [1.807, 2.05) is 0 Å². The first-order chi connectivity index (χ1) is 6.93. The lowest BCUT2D eigenvalue weighted by atomic mass is 10.1. The van der Waals surface area contributed by atoms with Gasteiger partial charge in [0.2, 0.25) is 0 Å². The number of ketones is 1. The molecule has 0 fully saturated rings. The van der Waals surface area contributed by atoms with Gasteiger partial charge in [0.1, 0.15) is 0 Å². The maximum Gasteiger partial charge on any atom is 0.346 e. The minimum absolute atomic E-state index is 0.0762. The minimum Gasteiger partial charge on any atom is -0.295 e. The molecule has 0 saturated carbocycles. The summed E-state index contributed by atoms with van der Waals surface area (Å²) in [6.45, 7) is 1.23. The molecular formula is C8H6N2O5. The third-order valence-electron chi connectivity index (χ3n) is 1.78. The molecule has 0 heterocycles. The van der Waals surface area contributed by atoms with Gasteiger partial charge in [0.05, 0.1) is 9.85 Å². The van der Waals surface area contributed by atoms with E-state index in [9.17, 15) is 25.0 Å². The quantitative estimate of drug-likeness (QED) is 0.429. The molecule has 0 spiro atoms. The van der Waals surface area contributed by atoms with Crippen LogP contribution in [0.5, 0.6) is 0 Å². The molecule has 0 amide bonds. The normalized spacial score (nSPS) is 9.67. The summed E-state index contributed by atoms with van der Waals surface area (Å²) in [4.78, 5) is 30.1. The molecule has 1 aromatic carbocycles. The summed E-state index contributed by atoms with van der Waals surface area (Å²) in [5.74, 6) is -0.381. The van der Waals surface area contributed by atoms with Crippen molar-refractivity contribution in [3.8, 4) is 0 Å². The zero-order chi connectivity index (χ0) is 11.6. The molecule has 0 bridgehead atoms. The van der Waals surface area contributed by atoms with Gasteiger partial charge in [-0.1, -0.05) is 0 Å². The van der Waals surface area contributed by atoms with Crippen molar-refractivity contribution in [2.75, 3.05) is 0 Å². The second kappa shape index (κ2) is 3.82. The maximum atomic E-state index is 10.9. The van der Waals surface area contributed by atoms with E-state index in [1.165, 1.54) is 13.0 Å². The van der Waals surface area contributed by atoms with Crippen molar-refractivity contribution in [3.63, 3.8) is 0 Å². The highest BCUT2D eigenvalue weighted by Crippen LogP contribution is 2.27. The molecule has 7 nitrogen and oxygen atoms in total. The molecular weight excluding hydrogens is 204 g/mol. The summed E-state index contributed by atoms with van der Waals surface area (Å²) in [7, 11) is 0. The van der Waals surface area contributed by atoms with Crippen LogP contribution < -0.4 is 0 Å². The van der Waals surface area contributed by atoms with Crippen LogP contribution in [0.15, 0.2) is 18.2 Å². The Balaban J connectivity index is 3.40. The molecule has 1 rings (SSSR count). The van der Waals surface area contributed by atoms with Crippen molar-refractivity contribution >= 4 is 17.2 Å². The summed E-state index contributed by atoms with van der Waals surface area (Å²) in [6.07, 6.45) is 0. The standard InChI is InChI=1S/C8H6N2O5/c1-5(11)6-2-3-7(9(12)13)8(4-6)10(14)15/h2-4H,1H3. The molecule has 0 aliphatic heterocycles. The van der Waals surface area contributed by atoms with E-state index in [0.717, 1.165) is 12.1 Å². The number of carbonyl (C=O) groups is 1. The predicted molar refractivity (Wildman–Crippen MR) is 49.8 cm³/mol. The van der Waals surface area contributed by atoms with Gasteiger partial charge in [-0.2, -0.15) is 0 Å². The number of nitrogens with zero attached hydrogens (tertiary/aromatic N) is 2. The Hall–Kier alpha value is -2.31. The Bertz CT molecular complexity index is 454. The van der Waals surface area contributed by atoms with Crippen molar-refractivity contribution in [3.05, 3.63) is 44.0 Å². The van der Waals surface area contributed by atoms with Crippen LogP contribution in [0.2, 0.25) is 0 Å². The van der Waals surface area contributed by atoms with Gasteiger partial charge in [0.15, 0.2) is 5.78 Å². The lowest BCUT2D eigenvalue weighted by molar-refractivity contribution is -0.422. The van der Waals surface area contributed by atoms with Gasteiger partial charge in [-0.15, -0.1) is 0 Å². The number of hydrogen-bond donors (Lipinski definition) is 0. The zero-order valence-electron chi connectivity index (χ0n) is 7.67. The van der Waals surface area contributed by atoms with E-state index in [2.05, 4.69) is 0 Å². The second-order valence-corrected chi connectivity index (χ2v) is 2.77. The largest absolute Gasteiger partial charge is 0.346 e. The molecule has 1 aromatic rings. The lowest BCUT2D eigenvalue weighted by Gasteiger charge is -1.97. The zero-order valence-corrected chi connectivity index (χ0v) is 7.67. The van der Waals surface area contributed by atoms with Gasteiger partial charge in [0.25, 0.3) is 0 Å². The number of carbonyl (C=O) groups excluding carboxylic acids is 1. The Morgan fingerprint density at radius 1 is 1.13 bits per heavy atom. The lowest BCUT2D eigenvalue weighted by Crippen LogP contribution is -1.99. The number of hydrogen-bond acceptors (Lipinski definition) is 5. The van der Waals surface area contributed by atoms with Gasteiger partial charge in [-0.05, 0) is 13.0 Å². The average Bonchev–Trinajstić information content (AvgIpc) is 2.16. The number of benzene rings is 1. The molecule has 0 N–H and O–H groups in total. The fraction of sp³-hybridized carbons (Fsp3) is 0.125. The molecule has 0 aliphatic rings. The van der Waals surface area contributed by atoms with Crippen molar-refractivity contribution in [2.24, 2.45) is 0 Å². The molecule has 15 heavy (non-hydrogen) atoms. The fourth-order valence-electron chi connectivity index (χ4n) is 1.04. The van der Waals surface area contributed by atoms with Crippen LogP contribution in [-0.4, -0.2) is 15.6 Å². The van der Waals surface area contributed by atoms with E-state index >= 15 is 0 Å². The minimum atomic E-state index is -0.884. The number of nitro groups is 2. The van der Waals surface area contributed by atoms with Gasteiger partial charge in [-0.3, -0.25) is 25.0 Å². The SMILES string of the molecule is CC(=O)c1ccc([N+](=O)[O-])c([N+](=O)[O-])c1. The molecule has 78 valence electrons. The number of nitro benzene ring substituents is 2. The first-order valence-corrected chi connectivity index (χ1v) is 3.87. The van der Waals surface area contributed by atoms with E-state index in [0.29, 0.717) is 0 Å². The van der Waals surface area contributed by atoms with E-state index in [1.54, 1.807) is 0 Å². The highest BCUT2D eigenvalue weighted by molar-refractivity contribution is 5.95. The monoisotopic (exact) mass is 210 g/mol. The maximum absolute atomic E-state index is 10.9. The Morgan fingerprint density at radius 2 is 1.67 bits per heavy atom. The van der Waals surface area contributed by atoms with Crippen molar-refractivity contribution in [1.82, 2.24) is 0 Å². The fourth-order valence-corrected chi connectivity index (χ4v) is 1.04. The molecule has 0 unspecified atom stereocenters. The van der Waals surface area contributed by atoms with Crippen LogP contribution in [0.1, 0.15) is 17.3 Å². The summed E-state index contributed by atoms with van der Waals surface area (Å²) < 4.78 is 0. The highest BCUT2D eigenvalue weighted by Gasteiger charge is 2.24. The van der Waals surface area contributed by atoms with E-state index in [4.69, 9.17) is 0 Å². The Kier molecular flexibility index (Phi) is 2.75. The summed E-state index contributed by atoms with van der Waals surface area (Å²) in [5.41, 5.74) is -1.22. The van der Waals surface area contributed by atoms with Crippen LogP contribution in [0.4, 0.5) is 11.4 Å². The molecule has 0 radical (unpaired) electrons. The summed E-state index contributed by atoms with van der Waals surface area (Å²) in [6, 6.07) is 3.04. The summed E-state index contributed by atoms with van der Waals surface area (Å²) in [5, 5.41) is 20.9. The first-order valence-electron chi connectivity index (χ1n) is 3.87. The average molecular weight is 210 g/mol. The topological polar surface area (TPSA) is 103 Å². The number of Topliss-reactive ketones (excluding diaryl/α,β-unsaturated/α-hetero) is 1. The molecule has 0 aromatic heterocycles. The van der Waals surface area contributed by atoms with E-state index in [-0.39, 0.29) is 11.3 Å². The molecule has 0 atom stereocenters. The second-order valence-electron chi connectivity index (χ2n) is 2.77. The van der Waals surface area contributed by atoms with Crippen LogP contribution >= 0.6 is 0 Å². The van der Waals surface area contributed by atoms with Crippen molar-refractivity contribution in [1.29, 1.82) is 0 Å².